The van der Waals surface area contributed by atoms with Gasteiger partial charge in [-0.25, -0.2) is 0 Å². The van der Waals surface area contributed by atoms with E-state index >= 15 is 0 Å². The topological polar surface area (TPSA) is 42.2 Å². The van der Waals surface area contributed by atoms with Gasteiger partial charge in [-0.3, -0.25) is 4.98 Å². The zero-order chi connectivity index (χ0) is 13.7. The third-order valence-electron chi connectivity index (χ3n) is 2.98. The summed E-state index contributed by atoms with van der Waals surface area (Å²) in [5.41, 5.74) is 9.05. The lowest BCUT2D eigenvalue weighted by Gasteiger charge is -2.21. The number of nitrogens with zero attached hydrogens (tertiary/aromatic N) is 2. The van der Waals surface area contributed by atoms with Crippen LogP contribution in [0.15, 0.2) is 47.1 Å². The molecule has 0 aliphatic carbocycles. The van der Waals surface area contributed by atoms with Gasteiger partial charge in [0.25, 0.3) is 0 Å². The summed E-state index contributed by atoms with van der Waals surface area (Å²) in [6, 6.07) is 12.4. The highest BCUT2D eigenvalue weighted by molar-refractivity contribution is 9.10. The van der Waals surface area contributed by atoms with Gasteiger partial charge in [0.15, 0.2) is 0 Å². The largest absolute Gasteiger partial charge is 0.368 e. The van der Waals surface area contributed by atoms with E-state index < -0.39 is 0 Å². The van der Waals surface area contributed by atoms with Gasteiger partial charge >= 0.3 is 0 Å². The number of aromatic nitrogens is 1. The lowest BCUT2D eigenvalue weighted by Crippen LogP contribution is -2.17. The Morgan fingerprint density at radius 2 is 2.11 bits per heavy atom. The van der Waals surface area contributed by atoms with Crippen LogP contribution in [0.1, 0.15) is 11.3 Å². The highest BCUT2D eigenvalue weighted by Gasteiger charge is 2.07. The summed E-state index contributed by atoms with van der Waals surface area (Å²) in [6.45, 7) is 1.46. The Hall–Kier alpha value is -1.39. The number of hydrogen-bond acceptors (Lipinski definition) is 3. The van der Waals surface area contributed by atoms with E-state index in [4.69, 9.17) is 5.73 Å². The highest BCUT2D eigenvalue weighted by Crippen LogP contribution is 2.27. The second kappa shape index (κ2) is 6.68. The van der Waals surface area contributed by atoms with Crippen LogP contribution in [0.4, 0.5) is 5.69 Å². The molecule has 0 atom stereocenters. The molecule has 1 aromatic carbocycles. The van der Waals surface area contributed by atoms with Crippen LogP contribution in [0.2, 0.25) is 0 Å². The Morgan fingerprint density at radius 1 is 1.26 bits per heavy atom. The molecular formula is C15H18BrN3. The van der Waals surface area contributed by atoms with Crippen molar-refractivity contribution in [2.45, 2.75) is 13.0 Å². The van der Waals surface area contributed by atoms with E-state index in [-0.39, 0.29) is 0 Å². The minimum Gasteiger partial charge on any atom is -0.368 e. The Bertz CT molecular complexity index is 528. The van der Waals surface area contributed by atoms with Crippen LogP contribution >= 0.6 is 15.9 Å². The maximum atomic E-state index is 5.58. The summed E-state index contributed by atoms with van der Waals surface area (Å²) in [7, 11) is 2.07. The van der Waals surface area contributed by atoms with E-state index in [0.29, 0.717) is 6.54 Å². The van der Waals surface area contributed by atoms with Crippen LogP contribution in [-0.4, -0.2) is 18.6 Å². The molecule has 2 N–H and O–H groups in total. The summed E-state index contributed by atoms with van der Waals surface area (Å²) in [6.07, 6.45) is 2.73. The van der Waals surface area contributed by atoms with E-state index in [9.17, 15) is 0 Å². The van der Waals surface area contributed by atoms with Crippen molar-refractivity contribution < 1.29 is 0 Å². The number of pyridine rings is 1. The van der Waals surface area contributed by atoms with Gasteiger partial charge in [-0.15, -0.1) is 0 Å². The minimum atomic E-state index is 0.676. The molecule has 0 radical (unpaired) electrons. The molecule has 0 unspecified atom stereocenters. The zero-order valence-corrected chi connectivity index (χ0v) is 12.6. The van der Waals surface area contributed by atoms with Gasteiger partial charge in [0.2, 0.25) is 0 Å². The summed E-state index contributed by atoms with van der Waals surface area (Å²) in [4.78, 5) is 6.53. The first-order valence-electron chi connectivity index (χ1n) is 6.30. The predicted molar refractivity (Wildman–Crippen MR) is 83.2 cm³/mol. The monoisotopic (exact) mass is 319 g/mol. The molecule has 0 bridgehead atoms. The third kappa shape index (κ3) is 3.78. The van der Waals surface area contributed by atoms with Gasteiger partial charge in [-0.05, 0) is 58.7 Å². The molecule has 1 aromatic heterocycles. The van der Waals surface area contributed by atoms with Crippen molar-refractivity contribution in [2.75, 3.05) is 18.5 Å². The summed E-state index contributed by atoms with van der Waals surface area (Å²) < 4.78 is 1.09. The van der Waals surface area contributed by atoms with Gasteiger partial charge in [0.1, 0.15) is 0 Å². The van der Waals surface area contributed by atoms with E-state index in [1.807, 2.05) is 24.4 Å². The van der Waals surface area contributed by atoms with Crippen LogP contribution in [0, 0.1) is 0 Å². The van der Waals surface area contributed by atoms with Crippen LogP contribution in [0.3, 0.4) is 0 Å². The average Bonchev–Trinajstić information content (AvgIpc) is 2.40. The van der Waals surface area contributed by atoms with E-state index in [0.717, 1.165) is 28.8 Å². The molecule has 4 heteroatoms. The number of benzene rings is 1. The quantitative estimate of drug-likeness (QED) is 0.921. The van der Waals surface area contributed by atoms with Crippen LogP contribution in [0.25, 0.3) is 0 Å². The van der Waals surface area contributed by atoms with Crippen LogP contribution < -0.4 is 10.6 Å². The summed E-state index contributed by atoms with van der Waals surface area (Å²) >= 11 is 3.63. The number of hydrogen-bond donors (Lipinski definition) is 1. The molecule has 0 fully saturated rings. The molecule has 2 aromatic rings. The van der Waals surface area contributed by atoms with Crippen molar-refractivity contribution in [1.29, 1.82) is 0 Å². The molecule has 0 amide bonds. The van der Waals surface area contributed by atoms with Gasteiger partial charge in [-0.1, -0.05) is 12.1 Å². The SMILES string of the molecule is CN(Cc1ccccn1)c1ccc(CCN)cc1Br. The Balaban J connectivity index is 2.13. The molecule has 2 rings (SSSR count). The Kier molecular flexibility index (Phi) is 4.93. The van der Waals surface area contributed by atoms with Crippen molar-refractivity contribution in [3.63, 3.8) is 0 Å². The first-order valence-corrected chi connectivity index (χ1v) is 7.09. The predicted octanol–water partition coefficient (Wildman–Crippen LogP) is 2.98. The normalized spacial score (nSPS) is 10.5. The van der Waals surface area contributed by atoms with E-state index in [2.05, 4.69) is 51.1 Å². The fourth-order valence-electron chi connectivity index (χ4n) is 2.00. The first kappa shape index (κ1) is 14.0. The lowest BCUT2D eigenvalue weighted by atomic mass is 10.1. The van der Waals surface area contributed by atoms with Crippen molar-refractivity contribution in [3.8, 4) is 0 Å². The fraction of sp³-hybridized carbons (Fsp3) is 0.267. The summed E-state index contributed by atoms with van der Waals surface area (Å²) in [5.74, 6) is 0. The van der Waals surface area contributed by atoms with Gasteiger partial charge in [-0.2, -0.15) is 0 Å². The fourth-order valence-corrected chi connectivity index (χ4v) is 2.73. The van der Waals surface area contributed by atoms with Gasteiger partial charge in [0.05, 0.1) is 17.9 Å². The number of anilines is 1. The van der Waals surface area contributed by atoms with Crippen LogP contribution in [-0.2, 0) is 13.0 Å². The molecule has 1 heterocycles. The molecular weight excluding hydrogens is 302 g/mol. The van der Waals surface area contributed by atoms with Crippen molar-refractivity contribution in [1.82, 2.24) is 4.98 Å². The molecule has 0 aliphatic heterocycles. The zero-order valence-electron chi connectivity index (χ0n) is 11.0. The number of nitrogens with two attached hydrogens (primary N) is 1. The summed E-state index contributed by atoms with van der Waals surface area (Å²) in [5, 5.41) is 0. The number of halogens is 1. The highest BCUT2D eigenvalue weighted by atomic mass is 79.9. The van der Waals surface area contributed by atoms with E-state index in [1.54, 1.807) is 0 Å². The minimum absolute atomic E-state index is 0.676. The molecule has 19 heavy (non-hydrogen) atoms. The second-order valence-corrected chi connectivity index (χ2v) is 5.36. The lowest BCUT2D eigenvalue weighted by molar-refractivity contribution is 0.880. The van der Waals surface area contributed by atoms with Crippen molar-refractivity contribution >= 4 is 21.6 Å². The van der Waals surface area contributed by atoms with Crippen molar-refractivity contribution in [2.24, 2.45) is 5.73 Å². The first-order chi connectivity index (χ1) is 9.20. The maximum absolute atomic E-state index is 5.58. The Labute approximate surface area is 122 Å². The number of rotatable bonds is 5. The Morgan fingerprint density at radius 3 is 2.74 bits per heavy atom. The molecule has 0 saturated heterocycles. The maximum Gasteiger partial charge on any atom is 0.0599 e. The van der Waals surface area contributed by atoms with Crippen LogP contribution in [0.5, 0.6) is 0 Å². The van der Waals surface area contributed by atoms with E-state index in [1.165, 1.54) is 5.56 Å². The van der Waals surface area contributed by atoms with Gasteiger partial charge in [0, 0.05) is 17.7 Å². The molecule has 0 saturated carbocycles. The third-order valence-corrected chi connectivity index (χ3v) is 3.62. The second-order valence-electron chi connectivity index (χ2n) is 4.50. The standard InChI is InChI=1S/C15H18BrN3/c1-19(11-13-4-2-3-9-18-13)15-6-5-12(7-8-17)10-14(15)16/h2-6,9-10H,7-8,11,17H2,1H3. The molecule has 0 spiro atoms. The average molecular weight is 320 g/mol. The van der Waals surface area contributed by atoms with Crippen molar-refractivity contribution in [3.05, 3.63) is 58.3 Å². The molecule has 3 nitrogen and oxygen atoms in total. The van der Waals surface area contributed by atoms with Gasteiger partial charge < -0.3 is 10.6 Å². The molecule has 100 valence electrons. The molecule has 0 aliphatic rings. The smallest absolute Gasteiger partial charge is 0.0599 e.